The molecule has 4 rings (SSSR count). The van der Waals surface area contributed by atoms with Crippen molar-refractivity contribution in [2.45, 2.75) is 31.6 Å². The van der Waals surface area contributed by atoms with Gasteiger partial charge in [-0.1, -0.05) is 12.1 Å². The third-order valence-electron chi connectivity index (χ3n) is 4.99. The van der Waals surface area contributed by atoms with Gasteiger partial charge in [0, 0.05) is 23.7 Å². The first kappa shape index (κ1) is 22.5. The molecule has 2 heterocycles. The number of nitrogens with zero attached hydrogens (tertiary/aromatic N) is 2. The average molecular weight is 438 g/mol. The van der Waals surface area contributed by atoms with E-state index in [-0.39, 0.29) is 5.82 Å². The number of anilines is 1. The monoisotopic (exact) mass is 438 g/mol. The highest BCUT2D eigenvalue weighted by Crippen LogP contribution is 2.27. The van der Waals surface area contributed by atoms with E-state index in [9.17, 15) is 17.6 Å². The Bertz CT molecular complexity index is 1020. The van der Waals surface area contributed by atoms with Gasteiger partial charge in [0.15, 0.2) is 0 Å². The quantitative estimate of drug-likeness (QED) is 0.535. The van der Waals surface area contributed by atoms with Gasteiger partial charge in [0.05, 0.1) is 11.7 Å². The summed E-state index contributed by atoms with van der Waals surface area (Å²) in [6.45, 7) is 2.77. The number of aliphatic carboxylic acids is 1. The topological polar surface area (TPSA) is 81.2 Å². The SMILES string of the molecule is Fc1cccc(CN(c2ccc3[nH]ncc3c2)C2CCNCC2)c1.O=C(O)C(F)(F)F. The van der Waals surface area contributed by atoms with E-state index in [2.05, 4.69) is 38.6 Å². The van der Waals surface area contributed by atoms with E-state index in [1.54, 1.807) is 12.1 Å². The summed E-state index contributed by atoms with van der Waals surface area (Å²) in [5.41, 5.74) is 3.20. The number of hydrogen-bond acceptors (Lipinski definition) is 4. The second kappa shape index (κ2) is 9.78. The number of fused-ring (bicyclic) bond motifs is 1. The lowest BCUT2D eigenvalue weighted by atomic mass is 10.0. The zero-order chi connectivity index (χ0) is 22.4. The maximum atomic E-state index is 13.6. The summed E-state index contributed by atoms with van der Waals surface area (Å²) in [5.74, 6) is -2.93. The number of aromatic amines is 1. The fourth-order valence-electron chi connectivity index (χ4n) is 3.49. The van der Waals surface area contributed by atoms with Gasteiger partial charge in [0.25, 0.3) is 0 Å². The predicted octanol–water partition coefficient (Wildman–Crippen LogP) is 4.09. The molecule has 2 aromatic carbocycles. The van der Waals surface area contributed by atoms with Crippen LogP contribution in [0.3, 0.4) is 0 Å². The van der Waals surface area contributed by atoms with Crippen LogP contribution in [0.4, 0.5) is 23.2 Å². The van der Waals surface area contributed by atoms with Gasteiger partial charge in [-0.2, -0.15) is 18.3 Å². The van der Waals surface area contributed by atoms with Crippen LogP contribution in [0.1, 0.15) is 18.4 Å². The van der Waals surface area contributed by atoms with Crippen molar-refractivity contribution in [3.05, 3.63) is 60.0 Å². The van der Waals surface area contributed by atoms with E-state index < -0.39 is 12.1 Å². The third-order valence-corrected chi connectivity index (χ3v) is 4.99. The molecule has 31 heavy (non-hydrogen) atoms. The molecule has 1 aliphatic rings. The minimum Gasteiger partial charge on any atom is -0.475 e. The highest BCUT2D eigenvalue weighted by atomic mass is 19.4. The molecule has 1 fully saturated rings. The molecule has 1 aromatic heterocycles. The standard InChI is InChI=1S/C19H21FN4.C2HF3O2/c20-16-3-1-2-14(10-16)13-24(17-6-8-21-9-7-17)18-4-5-19-15(11-18)12-22-23-19;3-2(4,5)1(6)7/h1-5,10-12,17,21H,6-9,13H2,(H,22,23);(H,6,7). The zero-order valence-electron chi connectivity index (χ0n) is 16.5. The molecule has 0 radical (unpaired) electrons. The number of piperidine rings is 1. The number of carboxylic acids is 1. The highest BCUT2D eigenvalue weighted by molar-refractivity contribution is 5.82. The number of aromatic nitrogens is 2. The van der Waals surface area contributed by atoms with Crippen molar-refractivity contribution in [3.8, 4) is 0 Å². The summed E-state index contributed by atoms with van der Waals surface area (Å²) in [7, 11) is 0. The molecule has 0 amide bonds. The van der Waals surface area contributed by atoms with Crippen LogP contribution in [0.5, 0.6) is 0 Å². The molecule has 10 heteroatoms. The van der Waals surface area contributed by atoms with E-state index in [0.717, 1.165) is 42.4 Å². The molecule has 1 aliphatic heterocycles. The molecular formula is C21H22F4N4O2. The summed E-state index contributed by atoms with van der Waals surface area (Å²) in [4.78, 5) is 11.3. The van der Waals surface area contributed by atoms with Crippen molar-refractivity contribution in [2.75, 3.05) is 18.0 Å². The number of halogens is 4. The second-order valence-corrected chi connectivity index (χ2v) is 7.18. The fourth-order valence-corrected chi connectivity index (χ4v) is 3.49. The summed E-state index contributed by atoms with van der Waals surface area (Å²) in [5, 5.41) is 18.7. The van der Waals surface area contributed by atoms with Gasteiger partial charge in [-0.05, 0) is 61.8 Å². The van der Waals surface area contributed by atoms with Crippen LogP contribution in [0.25, 0.3) is 10.9 Å². The Labute approximate surface area is 175 Å². The summed E-state index contributed by atoms with van der Waals surface area (Å²) in [6, 6.07) is 13.7. The van der Waals surface area contributed by atoms with E-state index in [0.29, 0.717) is 12.6 Å². The number of carbonyl (C=O) groups is 1. The maximum Gasteiger partial charge on any atom is 0.490 e. The molecule has 3 N–H and O–H groups in total. The Hall–Kier alpha value is -3.14. The number of carboxylic acid groups (broad SMARTS) is 1. The molecule has 1 saturated heterocycles. The largest absolute Gasteiger partial charge is 0.490 e. The lowest BCUT2D eigenvalue weighted by molar-refractivity contribution is -0.192. The summed E-state index contributed by atoms with van der Waals surface area (Å²) >= 11 is 0. The molecule has 0 saturated carbocycles. The number of H-pyrrole nitrogens is 1. The van der Waals surface area contributed by atoms with E-state index in [4.69, 9.17) is 9.90 Å². The Morgan fingerprint density at radius 1 is 1.16 bits per heavy atom. The van der Waals surface area contributed by atoms with Gasteiger partial charge in [-0.3, -0.25) is 5.10 Å². The first-order valence-electron chi connectivity index (χ1n) is 9.69. The minimum atomic E-state index is -5.08. The number of hydrogen-bond donors (Lipinski definition) is 3. The first-order chi connectivity index (χ1) is 14.7. The van der Waals surface area contributed by atoms with Crippen molar-refractivity contribution in [1.29, 1.82) is 0 Å². The summed E-state index contributed by atoms with van der Waals surface area (Å²) < 4.78 is 45.3. The van der Waals surface area contributed by atoms with Crippen LogP contribution in [0.2, 0.25) is 0 Å². The van der Waals surface area contributed by atoms with Crippen molar-refractivity contribution in [3.63, 3.8) is 0 Å². The summed E-state index contributed by atoms with van der Waals surface area (Å²) in [6.07, 6.45) is -1.04. The van der Waals surface area contributed by atoms with Crippen LogP contribution in [0, 0.1) is 5.82 Å². The lowest BCUT2D eigenvalue weighted by Crippen LogP contribution is -2.43. The van der Waals surface area contributed by atoms with E-state index in [1.165, 1.54) is 11.8 Å². The molecule has 0 bridgehead atoms. The normalized spacial score (nSPS) is 14.7. The van der Waals surface area contributed by atoms with Crippen molar-refractivity contribution < 1.29 is 27.5 Å². The predicted molar refractivity (Wildman–Crippen MR) is 108 cm³/mol. The molecule has 0 atom stereocenters. The Balaban J connectivity index is 0.000000339. The molecular weight excluding hydrogens is 416 g/mol. The van der Waals surface area contributed by atoms with E-state index in [1.807, 2.05) is 12.3 Å². The van der Waals surface area contributed by atoms with Crippen molar-refractivity contribution in [2.24, 2.45) is 0 Å². The van der Waals surface area contributed by atoms with Gasteiger partial charge >= 0.3 is 12.1 Å². The van der Waals surface area contributed by atoms with Crippen molar-refractivity contribution in [1.82, 2.24) is 15.5 Å². The minimum absolute atomic E-state index is 0.178. The van der Waals surface area contributed by atoms with Gasteiger partial charge in [-0.25, -0.2) is 9.18 Å². The van der Waals surface area contributed by atoms with Gasteiger partial charge in [-0.15, -0.1) is 0 Å². The van der Waals surface area contributed by atoms with Crippen LogP contribution in [-0.2, 0) is 11.3 Å². The number of rotatable bonds is 4. The van der Waals surface area contributed by atoms with Crippen LogP contribution < -0.4 is 10.2 Å². The highest BCUT2D eigenvalue weighted by Gasteiger charge is 2.38. The number of nitrogens with one attached hydrogen (secondary N) is 2. The van der Waals surface area contributed by atoms with Gasteiger partial charge in [0.1, 0.15) is 5.82 Å². The smallest absolute Gasteiger partial charge is 0.475 e. The molecule has 166 valence electrons. The van der Waals surface area contributed by atoms with Crippen LogP contribution in [-0.4, -0.2) is 46.6 Å². The molecule has 0 spiro atoms. The first-order valence-corrected chi connectivity index (χ1v) is 9.69. The Morgan fingerprint density at radius 3 is 2.52 bits per heavy atom. The third kappa shape index (κ3) is 6.17. The Kier molecular flexibility index (Phi) is 7.11. The molecule has 6 nitrogen and oxygen atoms in total. The fraction of sp³-hybridized carbons (Fsp3) is 0.333. The molecule has 0 unspecified atom stereocenters. The maximum absolute atomic E-state index is 13.6. The average Bonchev–Trinajstić information content (AvgIpc) is 3.20. The zero-order valence-corrected chi connectivity index (χ0v) is 16.5. The second-order valence-electron chi connectivity index (χ2n) is 7.18. The van der Waals surface area contributed by atoms with Crippen LogP contribution in [0.15, 0.2) is 48.7 Å². The molecule has 3 aromatic rings. The molecule has 0 aliphatic carbocycles. The number of alkyl halides is 3. The number of benzene rings is 2. The van der Waals surface area contributed by atoms with Gasteiger partial charge in [0.2, 0.25) is 0 Å². The van der Waals surface area contributed by atoms with Crippen LogP contribution >= 0.6 is 0 Å². The van der Waals surface area contributed by atoms with E-state index >= 15 is 0 Å². The van der Waals surface area contributed by atoms with Crippen molar-refractivity contribution >= 4 is 22.6 Å². The van der Waals surface area contributed by atoms with Gasteiger partial charge < -0.3 is 15.3 Å². The Morgan fingerprint density at radius 2 is 1.87 bits per heavy atom. The lowest BCUT2D eigenvalue weighted by Gasteiger charge is -2.36.